The smallest absolute Gasteiger partial charge is 0.241 e. The van der Waals surface area contributed by atoms with Crippen molar-refractivity contribution in [3.8, 4) is 5.75 Å². The zero-order valence-corrected chi connectivity index (χ0v) is 11.8. The third-order valence-corrected chi connectivity index (χ3v) is 3.58. The van der Waals surface area contributed by atoms with E-state index in [1.807, 2.05) is 32.0 Å². The van der Waals surface area contributed by atoms with E-state index in [9.17, 15) is 4.79 Å². The van der Waals surface area contributed by atoms with Crippen molar-refractivity contribution in [1.82, 2.24) is 5.32 Å². The Kier molecular flexibility index (Phi) is 4.43. The van der Waals surface area contributed by atoms with E-state index in [0.29, 0.717) is 12.5 Å². The lowest BCUT2D eigenvalue weighted by Crippen LogP contribution is -2.39. The summed E-state index contributed by atoms with van der Waals surface area (Å²) in [6, 6.07) is 5.66. The van der Waals surface area contributed by atoms with Crippen LogP contribution in [0, 0.1) is 12.8 Å². The lowest BCUT2D eigenvalue weighted by Gasteiger charge is -2.17. The van der Waals surface area contributed by atoms with E-state index in [4.69, 9.17) is 4.74 Å². The maximum atomic E-state index is 12.2. The van der Waals surface area contributed by atoms with Gasteiger partial charge in [0, 0.05) is 5.69 Å². The lowest BCUT2D eigenvalue weighted by atomic mass is 10.0. The number of carbonyl (C=O) groups excluding carboxylic acids is 1. The topological polar surface area (TPSA) is 50.4 Å². The molecule has 0 saturated carbocycles. The second-order valence-corrected chi connectivity index (χ2v) is 5.10. The van der Waals surface area contributed by atoms with Crippen molar-refractivity contribution in [2.24, 2.45) is 5.92 Å². The van der Waals surface area contributed by atoms with Gasteiger partial charge in [0.1, 0.15) is 5.75 Å². The molecule has 1 saturated heterocycles. The molecule has 2 N–H and O–H groups in total. The molecule has 2 atom stereocenters. The molecule has 0 bridgehead atoms. The van der Waals surface area contributed by atoms with E-state index in [0.717, 1.165) is 30.0 Å². The van der Waals surface area contributed by atoms with Gasteiger partial charge in [-0.2, -0.15) is 0 Å². The van der Waals surface area contributed by atoms with Gasteiger partial charge in [0.2, 0.25) is 5.91 Å². The van der Waals surface area contributed by atoms with E-state index in [1.165, 1.54) is 0 Å². The molecule has 1 fully saturated rings. The fourth-order valence-corrected chi connectivity index (χ4v) is 2.43. The zero-order chi connectivity index (χ0) is 13.8. The number of benzene rings is 1. The quantitative estimate of drug-likeness (QED) is 0.875. The molecule has 1 aromatic carbocycles. The Bertz CT molecular complexity index is 459. The summed E-state index contributed by atoms with van der Waals surface area (Å²) in [4.78, 5) is 12.2. The summed E-state index contributed by atoms with van der Waals surface area (Å²) in [6.07, 6.45) is 1.06. The summed E-state index contributed by atoms with van der Waals surface area (Å²) in [5.41, 5.74) is 1.87. The molecular weight excluding hydrogens is 240 g/mol. The number of hydrogen-bond donors (Lipinski definition) is 2. The van der Waals surface area contributed by atoms with E-state index in [1.54, 1.807) is 0 Å². The number of anilines is 1. The van der Waals surface area contributed by atoms with Crippen molar-refractivity contribution in [1.29, 1.82) is 0 Å². The van der Waals surface area contributed by atoms with Crippen molar-refractivity contribution in [2.45, 2.75) is 33.2 Å². The summed E-state index contributed by atoms with van der Waals surface area (Å²) in [5, 5.41) is 6.24. The van der Waals surface area contributed by atoms with Crippen LogP contribution in [0.5, 0.6) is 5.75 Å². The molecule has 19 heavy (non-hydrogen) atoms. The first-order valence-electron chi connectivity index (χ1n) is 6.89. The van der Waals surface area contributed by atoms with Gasteiger partial charge in [-0.25, -0.2) is 0 Å². The van der Waals surface area contributed by atoms with Crippen LogP contribution in [-0.2, 0) is 4.79 Å². The van der Waals surface area contributed by atoms with E-state index >= 15 is 0 Å². The van der Waals surface area contributed by atoms with Crippen molar-refractivity contribution >= 4 is 11.6 Å². The highest BCUT2D eigenvalue weighted by Crippen LogP contribution is 2.23. The fourth-order valence-electron chi connectivity index (χ4n) is 2.43. The minimum absolute atomic E-state index is 0.0530. The van der Waals surface area contributed by atoms with Crippen molar-refractivity contribution in [3.05, 3.63) is 23.8 Å². The second kappa shape index (κ2) is 6.06. The van der Waals surface area contributed by atoms with Crippen LogP contribution in [0.4, 0.5) is 5.69 Å². The number of amides is 1. The van der Waals surface area contributed by atoms with Crippen LogP contribution in [0.15, 0.2) is 18.2 Å². The summed E-state index contributed by atoms with van der Waals surface area (Å²) in [5.74, 6) is 1.28. The standard InChI is InChI=1S/C15H22N2O2/c1-4-19-12-5-6-13(11(3)9-12)17-15(18)14-10(2)7-8-16-14/h5-6,9-10,14,16H,4,7-8H2,1-3H3,(H,17,18). The van der Waals surface area contributed by atoms with E-state index in [-0.39, 0.29) is 11.9 Å². The first kappa shape index (κ1) is 13.9. The minimum Gasteiger partial charge on any atom is -0.494 e. The Morgan fingerprint density at radius 2 is 2.32 bits per heavy atom. The van der Waals surface area contributed by atoms with Crippen LogP contribution in [0.3, 0.4) is 0 Å². The van der Waals surface area contributed by atoms with Crippen LogP contribution in [0.1, 0.15) is 25.8 Å². The summed E-state index contributed by atoms with van der Waals surface area (Å²) in [7, 11) is 0. The Hall–Kier alpha value is -1.55. The number of carbonyl (C=O) groups is 1. The molecule has 1 amide bonds. The molecule has 2 unspecified atom stereocenters. The third-order valence-electron chi connectivity index (χ3n) is 3.58. The molecule has 1 aliphatic rings. The average Bonchev–Trinajstić information content (AvgIpc) is 2.79. The van der Waals surface area contributed by atoms with Crippen molar-refractivity contribution < 1.29 is 9.53 Å². The SMILES string of the molecule is CCOc1ccc(NC(=O)C2NCCC2C)c(C)c1. The fraction of sp³-hybridized carbons (Fsp3) is 0.533. The second-order valence-electron chi connectivity index (χ2n) is 5.10. The Labute approximate surface area is 114 Å². The van der Waals surface area contributed by atoms with Gasteiger partial charge in [-0.15, -0.1) is 0 Å². The molecular formula is C15H22N2O2. The molecule has 4 heteroatoms. The predicted molar refractivity (Wildman–Crippen MR) is 76.5 cm³/mol. The van der Waals surface area contributed by atoms with Crippen LogP contribution in [0.25, 0.3) is 0 Å². The van der Waals surface area contributed by atoms with Gasteiger partial charge in [0.25, 0.3) is 0 Å². The zero-order valence-electron chi connectivity index (χ0n) is 11.8. The minimum atomic E-state index is -0.0778. The number of aryl methyl sites for hydroxylation is 1. The van der Waals surface area contributed by atoms with Crippen LogP contribution in [0.2, 0.25) is 0 Å². The lowest BCUT2D eigenvalue weighted by molar-refractivity contribution is -0.118. The van der Waals surface area contributed by atoms with Gasteiger partial charge in [-0.3, -0.25) is 4.79 Å². The highest BCUT2D eigenvalue weighted by atomic mass is 16.5. The van der Waals surface area contributed by atoms with Gasteiger partial charge >= 0.3 is 0 Å². The number of nitrogens with one attached hydrogen (secondary N) is 2. The molecule has 2 rings (SSSR count). The summed E-state index contributed by atoms with van der Waals surface area (Å²) < 4.78 is 5.44. The molecule has 1 heterocycles. The molecule has 0 radical (unpaired) electrons. The van der Waals surface area contributed by atoms with Gasteiger partial charge in [0.05, 0.1) is 12.6 Å². The van der Waals surface area contributed by atoms with Crippen LogP contribution >= 0.6 is 0 Å². The van der Waals surface area contributed by atoms with Gasteiger partial charge in [-0.05, 0) is 56.5 Å². The molecule has 0 aromatic heterocycles. The monoisotopic (exact) mass is 262 g/mol. The van der Waals surface area contributed by atoms with Crippen LogP contribution < -0.4 is 15.4 Å². The predicted octanol–water partition coefficient (Wildman–Crippen LogP) is 2.33. The highest BCUT2D eigenvalue weighted by Gasteiger charge is 2.29. The van der Waals surface area contributed by atoms with Gasteiger partial charge in [-0.1, -0.05) is 6.92 Å². The first-order valence-corrected chi connectivity index (χ1v) is 6.89. The normalized spacial score (nSPS) is 22.3. The molecule has 0 spiro atoms. The molecule has 1 aliphatic heterocycles. The molecule has 4 nitrogen and oxygen atoms in total. The maximum Gasteiger partial charge on any atom is 0.241 e. The van der Waals surface area contributed by atoms with Gasteiger partial charge < -0.3 is 15.4 Å². The molecule has 104 valence electrons. The van der Waals surface area contributed by atoms with E-state index in [2.05, 4.69) is 17.6 Å². The molecule has 0 aliphatic carbocycles. The number of rotatable bonds is 4. The maximum absolute atomic E-state index is 12.2. The highest BCUT2D eigenvalue weighted by molar-refractivity contribution is 5.95. The number of ether oxygens (including phenoxy) is 1. The number of hydrogen-bond acceptors (Lipinski definition) is 3. The Morgan fingerprint density at radius 1 is 1.53 bits per heavy atom. The molecule has 1 aromatic rings. The summed E-state index contributed by atoms with van der Waals surface area (Å²) in [6.45, 7) is 7.60. The Morgan fingerprint density at radius 3 is 2.89 bits per heavy atom. The van der Waals surface area contributed by atoms with Gasteiger partial charge in [0.15, 0.2) is 0 Å². The Balaban J connectivity index is 2.04. The summed E-state index contributed by atoms with van der Waals surface area (Å²) >= 11 is 0. The largest absolute Gasteiger partial charge is 0.494 e. The van der Waals surface area contributed by atoms with Crippen molar-refractivity contribution in [3.63, 3.8) is 0 Å². The third kappa shape index (κ3) is 3.26. The van der Waals surface area contributed by atoms with Crippen molar-refractivity contribution in [2.75, 3.05) is 18.5 Å². The van der Waals surface area contributed by atoms with Crippen LogP contribution in [-0.4, -0.2) is 25.1 Å². The first-order chi connectivity index (χ1) is 9.11. The van der Waals surface area contributed by atoms with E-state index < -0.39 is 0 Å². The average molecular weight is 262 g/mol.